The van der Waals surface area contributed by atoms with Crippen molar-refractivity contribution in [2.24, 2.45) is 7.05 Å². The van der Waals surface area contributed by atoms with Crippen LogP contribution >= 0.6 is 11.6 Å². The van der Waals surface area contributed by atoms with Crippen molar-refractivity contribution in [3.05, 3.63) is 64.4 Å². The number of aryl methyl sites for hydroxylation is 2. The normalized spacial score (nSPS) is 10.9. The zero-order valence-electron chi connectivity index (χ0n) is 16.6. The van der Waals surface area contributed by atoms with Crippen molar-refractivity contribution in [1.29, 1.82) is 0 Å². The number of hydrogen-bond acceptors (Lipinski definition) is 4. The molecule has 2 heterocycles. The summed E-state index contributed by atoms with van der Waals surface area (Å²) in [6.07, 6.45) is 0. The Kier molecular flexibility index (Phi) is 5.01. The SMILES string of the molecule is CNC(=O)c1cc2[nH]c(-c3ccccc3)nc2cc1NC(=O)c1c(Cl)c(C)nn1C. The number of amides is 2. The van der Waals surface area contributed by atoms with Gasteiger partial charge >= 0.3 is 0 Å². The van der Waals surface area contributed by atoms with Gasteiger partial charge in [-0.05, 0) is 19.1 Å². The van der Waals surface area contributed by atoms with Gasteiger partial charge in [0, 0.05) is 19.7 Å². The molecule has 0 radical (unpaired) electrons. The van der Waals surface area contributed by atoms with E-state index in [0.29, 0.717) is 33.8 Å². The molecule has 8 nitrogen and oxygen atoms in total. The van der Waals surface area contributed by atoms with Crippen LogP contribution in [-0.2, 0) is 7.05 Å². The van der Waals surface area contributed by atoms with Crippen LogP contribution in [0.2, 0.25) is 5.02 Å². The van der Waals surface area contributed by atoms with Crippen molar-refractivity contribution in [3.8, 4) is 11.4 Å². The van der Waals surface area contributed by atoms with Gasteiger partial charge in [-0.3, -0.25) is 14.3 Å². The second-order valence-electron chi connectivity index (χ2n) is 6.77. The molecular formula is C21H19ClN6O2. The first kappa shape index (κ1) is 19.7. The molecule has 0 bridgehead atoms. The smallest absolute Gasteiger partial charge is 0.275 e. The van der Waals surface area contributed by atoms with Crippen LogP contribution in [0.1, 0.15) is 26.5 Å². The van der Waals surface area contributed by atoms with E-state index in [1.165, 1.54) is 11.7 Å². The van der Waals surface area contributed by atoms with E-state index in [2.05, 4.69) is 25.7 Å². The number of hydrogen-bond donors (Lipinski definition) is 3. The third-order valence-corrected chi connectivity index (χ3v) is 5.21. The topological polar surface area (TPSA) is 105 Å². The number of H-pyrrole nitrogens is 1. The van der Waals surface area contributed by atoms with Crippen molar-refractivity contribution < 1.29 is 9.59 Å². The number of aromatic nitrogens is 4. The molecular weight excluding hydrogens is 404 g/mol. The molecule has 0 saturated carbocycles. The predicted molar refractivity (Wildman–Crippen MR) is 116 cm³/mol. The number of benzene rings is 2. The number of aromatic amines is 1. The van der Waals surface area contributed by atoms with Gasteiger partial charge in [0.05, 0.1) is 33.0 Å². The molecule has 0 unspecified atom stereocenters. The van der Waals surface area contributed by atoms with E-state index in [9.17, 15) is 9.59 Å². The summed E-state index contributed by atoms with van der Waals surface area (Å²) in [5.41, 5.74) is 3.60. The molecule has 0 fully saturated rings. The summed E-state index contributed by atoms with van der Waals surface area (Å²) in [6.45, 7) is 1.72. The Morgan fingerprint density at radius 3 is 2.50 bits per heavy atom. The Balaban J connectivity index is 1.79. The Labute approximate surface area is 177 Å². The molecule has 0 aliphatic carbocycles. The Morgan fingerprint density at radius 2 is 1.87 bits per heavy atom. The number of fused-ring (bicyclic) bond motifs is 1. The number of nitrogens with one attached hydrogen (secondary N) is 3. The zero-order valence-corrected chi connectivity index (χ0v) is 17.3. The van der Waals surface area contributed by atoms with E-state index in [-0.39, 0.29) is 16.6 Å². The monoisotopic (exact) mass is 422 g/mol. The van der Waals surface area contributed by atoms with Crippen molar-refractivity contribution >= 4 is 40.1 Å². The Hall–Kier alpha value is -3.65. The first-order valence-electron chi connectivity index (χ1n) is 9.20. The fraction of sp³-hybridized carbons (Fsp3) is 0.143. The molecule has 3 N–H and O–H groups in total. The maximum Gasteiger partial charge on any atom is 0.275 e. The van der Waals surface area contributed by atoms with Crippen molar-refractivity contribution in [2.75, 3.05) is 12.4 Å². The highest BCUT2D eigenvalue weighted by Gasteiger charge is 2.22. The number of imidazole rings is 1. The highest BCUT2D eigenvalue weighted by Crippen LogP contribution is 2.28. The van der Waals surface area contributed by atoms with Crippen LogP contribution in [0.15, 0.2) is 42.5 Å². The summed E-state index contributed by atoms with van der Waals surface area (Å²) in [5.74, 6) is -0.135. The van der Waals surface area contributed by atoms with E-state index >= 15 is 0 Å². The molecule has 0 saturated heterocycles. The maximum atomic E-state index is 12.9. The van der Waals surface area contributed by atoms with Gasteiger partial charge in [-0.25, -0.2) is 4.98 Å². The standard InChI is InChI=1S/C21H19ClN6O2/c1-11-17(22)18(28(3)27-11)21(30)26-14-10-16-15(9-13(14)20(29)23-2)24-19(25-16)12-7-5-4-6-8-12/h4-10H,1-3H3,(H,23,29)(H,24,25)(H,26,30). The van der Waals surface area contributed by atoms with Gasteiger partial charge in [0.2, 0.25) is 0 Å². The van der Waals surface area contributed by atoms with Crippen molar-refractivity contribution in [3.63, 3.8) is 0 Å². The number of nitrogens with zero attached hydrogens (tertiary/aromatic N) is 3. The average molecular weight is 423 g/mol. The number of anilines is 1. The van der Waals surface area contributed by atoms with E-state index in [0.717, 1.165) is 5.56 Å². The lowest BCUT2D eigenvalue weighted by molar-refractivity contribution is 0.0964. The van der Waals surface area contributed by atoms with Crippen LogP contribution in [0.5, 0.6) is 0 Å². The average Bonchev–Trinajstić information content (AvgIpc) is 3.27. The highest BCUT2D eigenvalue weighted by atomic mass is 35.5. The second kappa shape index (κ2) is 7.64. The summed E-state index contributed by atoms with van der Waals surface area (Å²) in [6, 6.07) is 13.0. The number of halogens is 1. The molecule has 0 aliphatic heterocycles. The summed E-state index contributed by atoms with van der Waals surface area (Å²) >= 11 is 6.23. The van der Waals surface area contributed by atoms with Crippen LogP contribution < -0.4 is 10.6 Å². The molecule has 2 aromatic heterocycles. The molecule has 30 heavy (non-hydrogen) atoms. The minimum atomic E-state index is -0.466. The number of carbonyl (C=O) groups is 2. The number of rotatable bonds is 4. The van der Waals surface area contributed by atoms with E-state index in [4.69, 9.17) is 11.6 Å². The summed E-state index contributed by atoms with van der Waals surface area (Å²) in [5, 5.41) is 9.80. The molecule has 2 amide bonds. The number of carbonyl (C=O) groups excluding carboxylic acids is 2. The minimum Gasteiger partial charge on any atom is -0.355 e. The van der Waals surface area contributed by atoms with Gasteiger partial charge in [0.15, 0.2) is 0 Å². The third-order valence-electron chi connectivity index (χ3n) is 4.75. The van der Waals surface area contributed by atoms with Crippen molar-refractivity contribution in [2.45, 2.75) is 6.92 Å². The van der Waals surface area contributed by atoms with Gasteiger partial charge in [-0.1, -0.05) is 41.9 Å². The first-order chi connectivity index (χ1) is 14.4. The summed E-state index contributed by atoms with van der Waals surface area (Å²) in [7, 11) is 3.17. The van der Waals surface area contributed by atoms with Crippen LogP contribution in [-0.4, -0.2) is 38.6 Å². The predicted octanol–water partition coefficient (Wildman–Crippen LogP) is 3.54. The first-order valence-corrected chi connectivity index (χ1v) is 9.58. The summed E-state index contributed by atoms with van der Waals surface area (Å²) < 4.78 is 1.41. The van der Waals surface area contributed by atoms with Gasteiger partial charge < -0.3 is 15.6 Å². The third kappa shape index (κ3) is 3.42. The fourth-order valence-corrected chi connectivity index (χ4v) is 3.52. The van der Waals surface area contributed by atoms with Crippen LogP contribution in [0.4, 0.5) is 5.69 Å². The van der Waals surface area contributed by atoms with Gasteiger partial charge in [-0.15, -0.1) is 0 Å². The second-order valence-corrected chi connectivity index (χ2v) is 7.15. The quantitative estimate of drug-likeness (QED) is 0.467. The van der Waals surface area contributed by atoms with Gasteiger partial charge in [0.25, 0.3) is 11.8 Å². The molecule has 4 rings (SSSR count). The lowest BCUT2D eigenvalue weighted by Gasteiger charge is -2.11. The van der Waals surface area contributed by atoms with Crippen LogP contribution in [0.25, 0.3) is 22.4 Å². The van der Waals surface area contributed by atoms with Crippen LogP contribution in [0, 0.1) is 6.92 Å². The van der Waals surface area contributed by atoms with Gasteiger partial charge in [0.1, 0.15) is 11.5 Å². The zero-order chi connectivity index (χ0) is 21.4. The molecule has 9 heteroatoms. The molecule has 4 aromatic rings. The van der Waals surface area contributed by atoms with E-state index in [1.54, 1.807) is 26.1 Å². The Morgan fingerprint density at radius 1 is 1.13 bits per heavy atom. The lowest BCUT2D eigenvalue weighted by Crippen LogP contribution is -2.22. The maximum absolute atomic E-state index is 12.9. The van der Waals surface area contributed by atoms with Crippen LogP contribution in [0.3, 0.4) is 0 Å². The fourth-order valence-electron chi connectivity index (χ4n) is 3.28. The molecule has 0 spiro atoms. The minimum absolute atomic E-state index is 0.212. The van der Waals surface area contributed by atoms with E-state index in [1.807, 2.05) is 30.3 Å². The molecule has 2 aromatic carbocycles. The van der Waals surface area contributed by atoms with Gasteiger partial charge in [-0.2, -0.15) is 5.10 Å². The largest absolute Gasteiger partial charge is 0.355 e. The molecule has 152 valence electrons. The molecule has 0 aliphatic rings. The lowest BCUT2D eigenvalue weighted by atomic mass is 10.1. The highest BCUT2D eigenvalue weighted by molar-refractivity contribution is 6.34. The molecule has 0 atom stereocenters. The Bertz CT molecular complexity index is 1280. The van der Waals surface area contributed by atoms with Crippen molar-refractivity contribution in [1.82, 2.24) is 25.1 Å². The van der Waals surface area contributed by atoms with E-state index < -0.39 is 5.91 Å². The summed E-state index contributed by atoms with van der Waals surface area (Å²) in [4.78, 5) is 33.2.